The molecule has 2 aromatic rings. The number of halogens is 4. The van der Waals surface area contributed by atoms with Crippen molar-refractivity contribution in [2.75, 3.05) is 0 Å². The van der Waals surface area contributed by atoms with Crippen LogP contribution >= 0.6 is 22.6 Å². The molecule has 0 aromatic heterocycles. The van der Waals surface area contributed by atoms with E-state index in [-0.39, 0.29) is 14.7 Å². The Kier molecular flexibility index (Phi) is 5.38. The molecule has 25 heavy (non-hydrogen) atoms. The van der Waals surface area contributed by atoms with Gasteiger partial charge in [0.05, 0.1) is 14.7 Å². The number of rotatable bonds is 4. The molecule has 5 nitrogen and oxygen atoms in total. The Bertz CT molecular complexity index is 967. The predicted molar refractivity (Wildman–Crippen MR) is 89.4 cm³/mol. The van der Waals surface area contributed by atoms with Crippen molar-refractivity contribution in [2.24, 2.45) is 0 Å². The van der Waals surface area contributed by atoms with Gasteiger partial charge in [0.15, 0.2) is 11.5 Å². The van der Waals surface area contributed by atoms with Gasteiger partial charge in [0, 0.05) is 5.56 Å². The van der Waals surface area contributed by atoms with E-state index >= 15 is 0 Å². The highest BCUT2D eigenvalue weighted by Gasteiger charge is 2.49. The molecule has 0 N–H and O–H groups in total. The van der Waals surface area contributed by atoms with E-state index in [9.17, 15) is 26.4 Å². The second-order valence-electron chi connectivity index (χ2n) is 4.59. The predicted octanol–water partition coefficient (Wildman–Crippen LogP) is 3.62. The molecule has 0 aliphatic heterocycles. The van der Waals surface area contributed by atoms with Crippen molar-refractivity contribution in [1.29, 1.82) is 5.26 Å². The molecule has 0 radical (unpaired) electrons. The highest BCUT2D eigenvalue weighted by molar-refractivity contribution is 14.1. The third-order valence-corrected chi connectivity index (χ3v) is 5.00. The van der Waals surface area contributed by atoms with E-state index in [1.54, 1.807) is 12.1 Å². The average molecular weight is 481 g/mol. The van der Waals surface area contributed by atoms with Crippen LogP contribution in [-0.2, 0) is 10.1 Å². The van der Waals surface area contributed by atoms with E-state index < -0.39 is 32.7 Å². The third-order valence-electron chi connectivity index (χ3n) is 2.97. The first-order valence-electron chi connectivity index (χ1n) is 6.41. The molecule has 2 rings (SSSR count). The lowest BCUT2D eigenvalue weighted by Gasteiger charge is -2.14. The number of nitrogens with zero attached hydrogens (tertiary/aromatic N) is 1. The largest absolute Gasteiger partial charge is 0.534 e. The van der Waals surface area contributed by atoms with Crippen molar-refractivity contribution in [3.63, 3.8) is 0 Å². The van der Waals surface area contributed by atoms with Gasteiger partial charge in [-0.3, -0.25) is 4.79 Å². The lowest BCUT2D eigenvalue weighted by atomic mass is 10.0. The van der Waals surface area contributed by atoms with Gasteiger partial charge in [0.1, 0.15) is 6.07 Å². The van der Waals surface area contributed by atoms with Crippen molar-refractivity contribution in [2.45, 2.75) is 5.51 Å². The number of carbonyl (C=O) groups excluding carboxylic acids is 1. The summed E-state index contributed by atoms with van der Waals surface area (Å²) in [6.07, 6.45) is 0. The molecule has 130 valence electrons. The fraction of sp³-hybridized carbons (Fsp3) is 0.0667. The quantitative estimate of drug-likeness (QED) is 0.289. The van der Waals surface area contributed by atoms with Crippen LogP contribution < -0.4 is 4.18 Å². The lowest BCUT2D eigenvalue weighted by Crippen LogP contribution is -2.29. The van der Waals surface area contributed by atoms with Gasteiger partial charge in [-0.25, -0.2) is 0 Å². The number of alkyl halides is 3. The van der Waals surface area contributed by atoms with E-state index in [2.05, 4.69) is 4.18 Å². The topological polar surface area (TPSA) is 84.2 Å². The molecule has 0 unspecified atom stereocenters. The SMILES string of the molecule is N#Cc1ccc(C(=O)c2ccccc2)c(OS(=O)(=O)C(F)(F)F)c1I. The highest BCUT2D eigenvalue weighted by atomic mass is 127. The Labute approximate surface area is 154 Å². The minimum atomic E-state index is -6.00. The van der Waals surface area contributed by atoms with Crippen molar-refractivity contribution in [3.05, 3.63) is 62.7 Å². The smallest absolute Gasteiger partial charge is 0.374 e. The molecular weight excluding hydrogens is 474 g/mol. The maximum Gasteiger partial charge on any atom is 0.534 e. The Morgan fingerprint density at radius 3 is 2.24 bits per heavy atom. The second-order valence-corrected chi connectivity index (χ2v) is 7.21. The molecule has 0 amide bonds. The first-order valence-corrected chi connectivity index (χ1v) is 8.90. The third kappa shape index (κ3) is 3.93. The van der Waals surface area contributed by atoms with E-state index in [4.69, 9.17) is 5.26 Å². The van der Waals surface area contributed by atoms with Gasteiger partial charge in [0.2, 0.25) is 0 Å². The fourth-order valence-electron chi connectivity index (χ4n) is 1.80. The molecule has 0 aliphatic rings. The molecule has 0 saturated carbocycles. The number of nitriles is 1. The van der Waals surface area contributed by atoms with Crippen LogP contribution in [0.4, 0.5) is 13.2 Å². The summed E-state index contributed by atoms with van der Waals surface area (Å²) >= 11 is 1.46. The van der Waals surface area contributed by atoms with E-state index in [1.165, 1.54) is 52.9 Å². The highest BCUT2D eigenvalue weighted by Crippen LogP contribution is 2.35. The molecule has 10 heteroatoms. The van der Waals surface area contributed by atoms with Crippen molar-refractivity contribution >= 4 is 38.5 Å². The van der Waals surface area contributed by atoms with Gasteiger partial charge in [-0.15, -0.1) is 0 Å². The molecule has 0 fully saturated rings. The van der Waals surface area contributed by atoms with Crippen molar-refractivity contribution in [3.8, 4) is 11.8 Å². The Morgan fingerprint density at radius 1 is 1.12 bits per heavy atom. The summed E-state index contributed by atoms with van der Waals surface area (Å²) in [5.41, 5.74) is -6.08. The number of hydrogen-bond acceptors (Lipinski definition) is 5. The molecule has 0 bridgehead atoms. The molecule has 0 spiro atoms. The van der Waals surface area contributed by atoms with Crippen LogP contribution in [0.15, 0.2) is 42.5 Å². The number of benzene rings is 2. The molecule has 0 saturated heterocycles. The maximum atomic E-state index is 12.6. The molecule has 0 atom stereocenters. The van der Waals surface area contributed by atoms with Crippen molar-refractivity contribution < 1.29 is 30.6 Å². The average Bonchev–Trinajstić information content (AvgIpc) is 2.55. The molecule has 0 aliphatic carbocycles. The second kappa shape index (κ2) is 7.01. The van der Waals surface area contributed by atoms with E-state index in [1.807, 2.05) is 0 Å². The van der Waals surface area contributed by atoms with Gasteiger partial charge in [-0.2, -0.15) is 26.9 Å². The van der Waals surface area contributed by atoms with Crippen LogP contribution in [0.3, 0.4) is 0 Å². The summed E-state index contributed by atoms with van der Waals surface area (Å²) in [6.45, 7) is 0. The number of carbonyl (C=O) groups is 1. The van der Waals surface area contributed by atoms with E-state index in [0.717, 1.165) is 6.07 Å². The monoisotopic (exact) mass is 481 g/mol. The zero-order valence-electron chi connectivity index (χ0n) is 12.0. The van der Waals surface area contributed by atoms with Gasteiger partial charge >= 0.3 is 15.6 Å². The minimum absolute atomic E-state index is 0.122. The summed E-state index contributed by atoms with van der Waals surface area (Å²) in [5.74, 6) is -1.57. The Hall–Kier alpha value is -2.13. The summed E-state index contributed by atoms with van der Waals surface area (Å²) in [7, 11) is -6.00. The van der Waals surface area contributed by atoms with Gasteiger partial charge < -0.3 is 4.18 Å². The number of ketones is 1. The van der Waals surface area contributed by atoms with E-state index in [0.29, 0.717) is 0 Å². The zero-order valence-corrected chi connectivity index (χ0v) is 15.0. The maximum absolute atomic E-state index is 12.6. The summed E-state index contributed by atoms with van der Waals surface area (Å²) in [4.78, 5) is 12.5. The van der Waals surface area contributed by atoms with Gasteiger partial charge in [-0.05, 0) is 34.7 Å². The zero-order chi connectivity index (χ0) is 18.8. The summed E-state index contributed by atoms with van der Waals surface area (Å²) in [6, 6.07) is 11.5. The fourth-order valence-corrected chi connectivity index (χ4v) is 3.14. The van der Waals surface area contributed by atoms with Crippen LogP contribution in [0.1, 0.15) is 21.5 Å². The van der Waals surface area contributed by atoms with Crippen LogP contribution in [-0.4, -0.2) is 19.7 Å². The minimum Gasteiger partial charge on any atom is -0.374 e. The van der Waals surface area contributed by atoms with Crippen LogP contribution in [0.25, 0.3) is 0 Å². The van der Waals surface area contributed by atoms with Crippen LogP contribution in [0, 0.1) is 14.9 Å². The lowest BCUT2D eigenvalue weighted by molar-refractivity contribution is -0.0500. The van der Waals surface area contributed by atoms with Gasteiger partial charge in [-0.1, -0.05) is 30.3 Å². The van der Waals surface area contributed by atoms with Crippen LogP contribution in [0.2, 0.25) is 0 Å². The Balaban J connectivity index is 2.65. The standard InChI is InChI=1S/C15H7F3INO4S/c16-15(17,18)25(22,23)24-14-11(7-6-10(8-20)12(14)19)13(21)9-4-2-1-3-5-9/h1-7H. The Morgan fingerprint density at radius 2 is 1.72 bits per heavy atom. The summed E-state index contributed by atoms with van der Waals surface area (Å²) < 4.78 is 64.5. The molecular formula is C15H7F3INO4S. The molecule has 2 aromatic carbocycles. The first kappa shape index (κ1) is 19.2. The summed E-state index contributed by atoms with van der Waals surface area (Å²) in [5, 5.41) is 8.98. The van der Waals surface area contributed by atoms with Crippen LogP contribution in [0.5, 0.6) is 5.75 Å². The normalized spacial score (nSPS) is 11.6. The number of hydrogen-bond donors (Lipinski definition) is 0. The van der Waals surface area contributed by atoms with Crippen molar-refractivity contribution in [1.82, 2.24) is 0 Å². The van der Waals surface area contributed by atoms with Gasteiger partial charge in [0.25, 0.3) is 0 Å². The molecule has 0 heterocycles. The first-order chi connectivity index (χ1) is 11.6.